The maximum atomic E-state index is 11.8. The molecule has 1 heterocycles. The molecule has 2 aliphatic rings. The largest absolute Gasteiger partial charge is 0.493 e. The molecule has 0 bridgehead atoms. The van der Waals surface area contributed by atoms with E-state index in [2.05, 4.69) is 16.5 Å². The van der Waals surface area contributed by atoms with Gasteiger partial charge in [0.05, 0.1) is 6.61 Å². The van der Waals surface area contributed by atoms with Gasteiger partial charge in [-0.2, -0.15) is 5.10 Å². The second kappa shape index (κ2) is 4.33. The molecule has 5 heteroatoms. The number of hydrogen-bond donors (Lipinski definition) is 2. The molecule has 2 atom stereocenters. The van der Waals surface area contributed by atoms with Crippen molar-refractivity contribution in [1.29, 1.82) is 0 Å². The van der Waals surface area contributed by atoms with E-state index >= 15 is 0 Å². The normalized spacial score (nSPS) is 24.7. The molecule has 1 saturated carbocycles. The summed E-state index contributed by atoms with van der Waals surface area (Å²) >= 11 is 0. The predicted molar refractivity (Wildman–Crippen MR) is 67.3 cm³/mol. The SMILES string of the molecule is NN=CNC(=O)[C@@H]1C[C@H]1c1cccc2c1CCO2. The predicted octanol–water partition coefficient (Wildman–Crippen LogP) is 0.743. The topological polar surface area (TPSA) is 76.7 Å². The van der Waals surface area contributed by atoms with E-state index < -0.39 is 0 Å². The fraction of sp³-hybridized carbons (Fsp3) is 0.385. The second-order valence-electron chi connectivity index (χ2n) is 4.66. The average Bonchev–Trinajstić information content (AvgIpc) is 3.04. The number of rotatable bonds is 3. The summed E-state index contributed by atoms with van der Waals surface area (Å²) in [7, 11) is 0. The molecule has 0 spiro atoms. The zero-order chi connectivity index (χ0) is 12.5. The third kappa shape index (κ3) is 1.81. The van der Waals surface area contributed by atoms with Crippen molar-refractivity contribution < 1.29 is 9.53 Å². The molecule has 1 amide bonds. The highest BCUT2D eigenvalue weighted by molar-refractivity contribution is 5.91. The number of ether oxygens (including phenoxy) is 1. The van der Waals surface area contributed by atoms with E-state index in [0.29, 0.717) is 5.92 Å². The molecule has 3 rings (SSSR count). The van der Waals surface area contributed by atoms with Crippen LogP contribution in [0, 0.1) is 5.92 Å². The van der Waals surface area contributed by atoms with Gasteiger partial charge in [-0.25, -0.2) is 0 Å². The van der Waals surface area contributed by atoms with Crippen LogP contribution in [0.5, 0.6) is 5.75 Å². The zero-order valence-electron chi connectivity index (χ0n) is 9.93. The Kier molecular flexibility index (Phi) is 2.66. The smallest absolute Gasteiger partial charge is 0.228 e. The van der Waals surface area contributed by atoms with Crippen molar-refractivity contribution in [2.45, 2.75) is 18.8 Å². The molecule has 94 valence electrons. The lowest BCUT2D eigenvalue weighted by atomic mass is 10.00. The number of nitrogens with one attached hydrogen (secondary N) is 1. The van der Waals surface area contributed by atoms with Gasteiger partial charge in [-0.1, -0.05) is 12.1 Å². The first kappa shape index (κ1) is 11.1. The van der Waals surface area contributed by atoms with Crippen molar-refractivity contribution in [3.05, 3.63) is 29.3 Å². The lowest BCUT2D eigenvalue weighted by Crippen LogP contribution is -2.24. The van der Waals surface area contributed by atoms with Gasteiger partial charge in [0.1, 0.15) is 12.1 Å². The highest BCUT2D eigenvalue weighted by Crippen LogP contribution is 2.50. The van der Waals surface area contributed by atoms with Crippen molar-refractivity contribution in [3.63, 3.8) is 0 Å². The Hall–Kier alpha value is -2.04. The van der Waals surface area contributed by atoms with E-state index in [-0.39, 0.29) is 11.8 Å². The molecule has 1 aliphatic heterocycles. The minimum atomic E-state index is -0.00859. The molecule has 18 heavy (non-hydrogen) atoms. The number of carbonyl (C=O) groups excluding carboxylic acids is 1. The van der Waals surface area contributed by atoms with Gasteiger partial charge in [0.2, 0.25) is 5.91 Å². The number of fused-ring (bicyclic) bond motifs is 1. The van der Waals surface area contributed by atoms with E-state index in [4.69, 9.17) is 10.6 Å². The molecule has 1 aromatic carbocycles. The van der Waals surface area contributed by atoms with Crippen molar-refractivity contribution in [2.24, 2.45) is 16.9 Å². The van der Waals surface area contributed by atoms with Gasteiger partial charge in [-0.3, -0.25) is 4.79 Å². The Labute approximate surface area is 105 Å². The standard InChI is InChI=1S/C13H15N3O2/c14-16-7-15-13(17)11-6-10(11)8-2-1-3-12-9(8)4-5-18-12/h1-3,7,10-11H,4-6,14H2,(H,15,16,17)/t10-,11+/m0/s1. The third-order valence-corrected chi connectivity index (χ3v) is 3.59. The van der Waals surface area contributed by atoms with Gasteiger partial charge in [0.15, 0.2) is 0 Å². The minimum Gasteiger partial charge on any atom is -0.493 e. The van der Waals surface area contributed by atoms with Gasteiger partial charge in [0, 0.05) is 17.9 Å². The summed E-state index contributed by atoms with van der Waals surface area (Å²) in [6, 6.07) is 6.08. The van der Waals surface area contributed by atoms with Crippen LogP contribution in [0.2, 0.25) is 0 Å². The first-order valence-corrected chi connectivity index (χ1v) is 6.08. The van der Waals surface area contributed by atoms with Crippen molar-refractivity contribution in [2.75, 3.05) is 6.61 Å². The number of carbonyl (C=O) groups is 1. The quantitative estimate of drug-likeness (QED) is 0.357. The number of benzene rings is 1. The summed E-state index contributed by atoms with van der Waals surface area (Å²) in [6.07, 6.45) is 3.07. The lowest BCUT2D eigenvalue weighted by molar-refractivity contribution is -0.120. The van der Waals surface area contributed by atoms with Crippen LogP contribution in [0.15, 0.2) is 23.3 Å². The Bertz CT molecular complexity index is 513. The average molecular weight is 245 g/mol. The summed E-state index contributed by atoms with van der Waals surface area (Å²) in [5, 5.41) is 5.84. The number of hydrogen-bond acceptors (Lipinski definition) is 4. The van der Waals surface area contributed by atoms with Gasteiger partial charge in [-0.05, 0) is 24.0 Å². The van der Waals surface area contributed by atoms with Crippen LogP contribution in [-0.2, 0) is 11.2 Å². The maximum absolute atomic E-state index is 11.8. The van der Waals surface area contributed by atoms with Crippen molar-refractivity contribution in [1.82, 2.24) is 5.32 Å². The summed E-state index contributed by atoms with van der Waals surface area (Å²) in [6.45, 7) is 0.746. The third-order valence-electron chi connectivity index (χ3n) is 3.59. The van der Waals surface area contributed by atoms with Gasteiger partial charge in [0.25, 0.3) is 0 Å². The molecule has 5 nitrogen and oxygen atoms in total. The van der Waals surface area contributed by atoms with E-state index in [9.17, 15) is 4.79 Å². The molecule has 0 aromatic heterocycles. The van der Waals surface area contributed by atoms with E-state index in [1.807, 2.05) is 12.1 Å². The number of amides is 1. The van der Waals surface area contributed by atoms with Crippen LogP contribution in [0.1, 0.15) is 23.5 Å². The number of nitrogens with zero attached hydrogens (tertiary/aromatic N) is 1. The van der Waals surface area contributed by atoms with Gasteiger partial charge < -0.3 is 15.9 Å². The maximum Gasteiger partial charge on any atom is 0.228 e. The summed E-state index contributed by atoms with van der Waals surface area (Å²) in [5.74, 6) is 6.27. The first-order valence-electron chi connectivity index (χ1n) is 6.08. The zero-order valence-corrected chi connectivity index (χ0v) is 9.93. The van der Waals surface area contributed by atoms with Crippen LogP contribution in [-0.4, -0.2) is 18.9 Å². The van der Waals surface area contributed by atoms with E-state index in [1.165, 1.54) is 17.5 Å². The fourth-order valence-corrected chi connectivity index (χ4v) is 2.63. The summed E-state index contributed by atoms with van der Waals surface area (Å²) in [4.78, 5) is 11.8. The van der Waals surface area contributed by atoms with Crippen LogP contribution in [0.25, 0.3) is 0 Å². The van der Waals surface area contributed by atoms with Crippen molar-refractivity contribution in [3.8, 4) is 5.75 Å². The summed E-state index contributed by atoms with van der Waals surface area (Å²) in [5.41, 5.74) is 2.53. The van der Waals surface area contributed by atoms with Crippen LogP contribution < -0.4 is 15.9 Å². The molecule has 1 fully saturated rings. The molecular formula is C13H15N3O2. The van der Waals surface area contributed by atoms with E-state index in [1.54, 1.807) is 0 Å². The highest BCUT2D eigenvalue weighted by Gasteiger charge is 2.45. The lowest BCUT2D eigenvalue weighted by Gasteiger charge is -2.06. The molecular weight excluding hydrogens is 230 g/mol. The first-order chi connectivity index (χ1) is 8.81. The monoisotopic (exact) mass is 245 g/mol. The molecule has 0 saturated heterocycles. The Morgan fingerprint density at radius 3 is 3.28 bits per heavy atom. The Morgan fingerprint density at radius 2 is 2.44 bits per heavy atom. The molecule has 0 radical (unpaired) electrons. The molecule has 1 aliphatic carbocycles. The minimum absolute atomic E-state index is 0.00859. The van der Waals surface area contributed by atoms with Gasteiger partial charge >= 0.3 is 0 Å². The second-order valence-corrected chi connectivity index (χ2v) is 4.66. The van der Waals surface area contributed by atoms with Crippen LogP contribution in [0.3, 0.4) is 0 Å². The highest BCUT2D eigenvalue weighted by atomic mass is 16.5. The van der Waals surface area contributed by atoms with Crippen LogP contribution >= 0.6 is 0 Å². The molecule has 1 aromatic rings. The van der Waals surface area contributed by atoms with E-state index in [0.717, 1.165) is 25.2 Å². The van der Waals surface area contributed by atoms with Crippen molar-refractivity contribution >= 4 is 12.2 Å². The van der Waals surface area contributed by atoms with Gasteiger partial charge in [-0.15, -0.1) is 0 Å². The molecule has 3 N–H and O–H groups in total. The molecule has 0 unspecified atom stereocenters. The van der Waals surface area contributed by atoms with Crippen LogP contribution in [0.4, 0.5) is 0 Å². The number of nitrogens with two attached hydrogens (primary N) is 1. The Balaban J connectivity index is 1.75. The summed E-state index contributed by atoms with van der Waals surface area (Å²) < 4.78 is 5.54. The Morgan fingerprint density at radius 1 is 1.56 bits per heavy atom. The fourth-order valence-electron chi connectivity index (χ4n) is 2.63. The number of hydrazone groups is 1.